The molecular weight excluding hydrogens is 298 g/mol. The Kier molecular flexibility index (Phi) is 5.64. The minimum Gasteiger partial charge on any atom is -0.399 e. The second-order valence-electron chi connectivity index (χ2n) is 4.77. The molecule has 0 saturated carbocycles. The highest BCUT2D eigenvalue weighted by molar-refractivity contribution is 7.89. The molecule has 0 aliphatic carbocycles. The van der Waals surface area contributed by atoms with Gasteiger partial charge in [0.25, 0.3) is 5.69 Å². The second kappa shape index (κ2) is 6.83. The predicted octanol–water partition coefficient (Wildman–Crippen LogP) is 0.959. The molecule has 0 spiro atoms. The molecule has 118 valence electrons. The van der Waals surface area contributed by atoms with Crippen molar-refractivity contribution >= 4 is 21.4 Å². The molecule has 3 N–H and O–H groups in total. The summed E-state index contributed by atoms with van der Waals surface area (Å²) in [5.41, 5.74) is 5.05. The van der Waals surface area contributed by atoms with Gasteiger partial charge in [-0.15, -0.1) is 0 Å². The van der Waals surface area contributed by atoms with E-state index in [2.05, 4.69) is 0 Å². The first-order valence-electron chi connectivity index (χ1n) is 6.38. The highest BCUT2D eigenvalue weighted by Gasteiger charge is 2.33. The van der Waals surface area contributed by atoms with E-state index in [0.717, 1.165) is 16.4 Å². The number of aliphatic hydroxyl groups excluding tert-OH is 1. The van der Waals surface area contributed by atoms with Crippen LogP contribution < -0.4 is 5.73 Å². The molecule has 0 saturated heterocycles. The van der Waals surface area contributed by atoms with Crippen LogP contribution in [0.4, 0.5) is 11.4 Å². The van der Waals surface area contributed by atoms with Crippen molar-refractivity contribution in [1.82, 2.24) is 4.31 Å². The van der Waals surface area contributed by atoms with E-state index in [9.17, 15) is 18.5 Å². The van der Waals surface area contributed by atoms with Crippen LogP contribution in [0.3, 0.4) is 0 Å². The quantitative estimate of drug-likeness (QED) is 0.438. The highest BCUT2D eigenvalue weighted by Crippen LogP contribution is 2.29. The van der Waals surface area contributed by atoms with Gasteiger partial charge in [-0.1, -0.05) is 0 Å². The monoisotopic (exact) mass is 317 g/mol. The summed E-state index contributed by atoms with van der Waals surface area (Å²) in [6.45, 7) is 3.25. The minimum atomic E-state index is -4.04. The smallest absolute Gasteiger partial charge is 0.291 e. The summed E-state index contributed by atoms with van der Waals surface area (Å²) in [5, 5.41) is 19.9. The van der Waals surface area contributed by atoms with Crippen LogP contribution in [0.15, 0.2) is 23.1 Å². The second-order valence-corrected chi connectivity index (χ2v) is 6.63. The number of rotatable bonds is 7. The number of nitrogen functional groups attached to an aromatic ring is 1. The minimum absolute atomic E-state index is 0.0814. The van der Waals surface area contributed by atoms with Gasteiger partial charge in [-0.25, -0.2) is 8.42 Å². The van der Waals surface area contributed by atoms with E-state index in [1.54, 1.807) is 13.8 Å². The fraction of sp³-hybridized carbons (Fsp3) is 0.500. The molecule has 1 rings (SSSR count). The molecule has 0 radical (unpaired) electrons. The van der Waals surface area contributed by atoms with Crippen molar-refractivity contribution < 1.29 is 18.4 Å². The van der Waals surface area contributed by atoms with Crippen LogP contribution in [0.25, 0.3) is 0 Å². The Balaban J connectivity index is 3.37. The van der Waals surface area contributed by atoms with Crippen molar-refractivity contribution in [2.24, 2.45) is 0 Å². The van der Waals surface area contributed by atoms with Crippen LogP contribution in [0.5, 0.6) is 0 Å². The maximum Gasteiger partial charge on any atom is 0.291 e. The maximum atomic E-state index is 12.6. The Hall–Kier alpha value is -1.71. The molecule has 0 bridgehead atoms. The third kappa shape index (κ3) is 3.90. The number of nitrogens with zero attached hydrogens (tertiary/aromatic N) is 2. The standard InChI is InChI=1S/C12H19N3O5S/c1-9(2)14(6-3-7-16)21(19,20)12-5-4-10(13)8-11(12)15(17)18/h4-5,8-9,16H,3,6-7,13H2,1-2H3. The van der Waals surface area contributed by atoms with Crippen molar-refractivity contribution in [1.29, 1.82) is 0 Å². The number of hydrogen-bond acceptors (Lipinski definition) is 6. The molecule has 0 atom stereocenters. The van der Waals surface area contributed by atoms with E-state index in [-0.39, 0.29) is 25.3 Å². The third-order valence-corrected chi connectivity index (χ3v) is 5.00. The molecule has 0 amide bonds. The van der Waals surface area contributed by atoms with Crippen molar-refractivity contribution in [3.63, 3.8) is 0 Å². The molecule has 1 aromatic rings. The molecule has 21 heavy (non-hydrogen) atoms. The van der Waals surface area contributed by atoms with Gasteiger partial charge in [-0.3, -0.25) is 10.1 Å². The van der Waals surface area contributed by atoms with Crippen LogP contribution in [0, 0.1) is 10.1 Å². The van der Waals surface area contributed by atoms with Crippen molar-refractivity contribution in [3.8, 4) is 0 Å². The zero-order valence-electron chi connectivity index (χ0n) is 11.9. The Morgan fingerprint density at radius 3 is 2.52 bits per heavy atom. The Labute approximate surface area is 123 Å². The molecule has 0 aliphatic rings. The lowest BCUT2D eigenvalue weighted by Gasteiger charge is -2.25. The number of anilines is 1. The third-order valence-electron chi connectivity index (χ3n) is 2.88. The average molecular weight is 317 g/mol. The normalized spacial score (nSPS) is 12.0. The van der Waals surface area contributed by atoms with Crippen LogP contribution in [0.2, 0.25) is 0 Å². The predicted molar refractivity (Wildman–Crippen MR) is 78.2 cm³/mol. The van der Waals surface area contributed by atoms with E-state index < -0.39 is 31.6 Å². The van der Waals surface area contributed by atoms with Gasteiger partial charge in [0.05, 0.1) is 4.92 Å². The summed E-state index contributed by atoms with van der Waals surface area (Å²) in [6, 6.07) is 3.08. The van der Waals surface area contributed by atoms with E-state index in [4.69, 9.17) is 10.8 Å². The number of aliphatic hydroxyl groups is 1. The molecule has 0 aliphatic heterocycles. The van der Waals surface area contributed by atoms with E-state index in [0.29, 0.717) is 0 Å². The number of nitro groups is 1. The first-order valence-corrected chi connectivity index (χ1v) is 7.82. The number of benzene rings is 1. The molecule has 0 fully saturated rings. The van der Waals surface area contributed by atoms with Gasteiger partial charge in [0, 0.05) is 30.9 Å². The van der Waals surface area contributed by atoms with E-state index >= 15 is 0 Å². The average Bonchev–Trinajstić information content (AvgIpc) is 2.37. The highest BCUT2D eigenvalue weighted by atomic mass is 32.2. The van der Waals surface area contributed by atoms with Crippen molar-refractivity contribution in [2.75, 3.05) is 18.9 Å². The SMILES string of the molecule is CC(C)N(CCCO)S(=O)(=O)c1ccc(N)cc1[N+](=O)[O-]. The molecule has 8 nitrogen and oxygen atoms in total. The molecule has 1 aromatic carbocycles. The first kappa shape index (κ1) is 17.3. The van der Waals surface area contributed by atoms with Gasteiger partial charge in [-0.2, -0.15) is 4.31 Å². The fourth-order valence-electron chi connectivity index (χ4n) is 1.90. The van der Waals surface area contributed by atoms with Gasteiger partial charge in [0.1, 0.15) is 0 Å². The molecule has 9 heteroatoms. The molecule has 0 aromatic heterocycles. The summed E-state index contributed by atoms with van der Waals surface area (Å²) in [7, 11) is -4.04. The van der Waals surface area contributed by atoms with Crippen LogP contribution in [-0.4, -0.2) is 41.9 Å². The number of hydrogen-bond donors (Lipinski definition) is 2. The van der Waals surface area contributed by atoms with Crippen molar-refractivity contribution in [3.05, 3.63) is 28.3 Å². The lowest BCUT2D eigenvalue weighted by atomic mass is 10.3. The summed E-state index contributed by atoms with van der Waals surface area (Å²) < 4.78 is 26.4. The number of nitro benzene ring substituents is 1. The van der Waals surface area contributed by atoms with Gasteiger partial charge < -0.3 is 10.8 Å². The lowest BCUT2D eigenvalue weighted by Crippen LogP contribution is -2.38. The molecule has 0 unspecified atom stereocenters. The van der Waals surface area contributed by atoms with Crippen LogP contribution in [-0.2, 0) is 10.0 Å². The topological polar surface area (TPSA) is 127 Å². The molecular formula is C12H19N3O5S. The summed E-state index contributed by atoms with van der Waals surface area (Å²) >= 11 is 0. The lowest BCUT2D eigenvalue weighted by molar-refractivity contribution is -0.387. The largest absolute Gasteiger partial charge is 0.399 e. The van der Waals surface area contributed by atoms with E-state index in [1.165, 1.54) is 6.07 Å². The Morgan fingerprint density at radius 1 is 1.43 bits per heavy atom. The van der Waals surface area contributed by atoms with Crippen molar-refractivity contribution in [2.45, 2.75) is 31.2 Å². The first-order chi connectivity index (χ1) is 9.71. The number of nitrogens with two attached hydrogens (primary N) is 1. The number of sulfonamides is 1. The van der Waals surface area contributed by atoms with E-state index in [1.807, 2.05) is 0 Å². The van der Waals surface area contributed by atoms with Gasteiger partial charge in [-0.05, 0) is 32.4 Å². The van der Waals surface area contributed by atoms with Gasteiger partial charge >= 0.3 is 0 Å². The Morgan fingerprint density at radius 2 is 2.05 bits per heavy atom. The maximum absolute atomic E-state index is 12.6. The fourth-order valence-corrected chi connectivity index (χ4v) is 3.72. The van der Waals surface area contributed by atoms with Crippen LogP contribution in [0.1, 0.15) is 20.3 Å². The zero-order chi connectivity index (χ0) is 16.2. The van der Waals surface area contributed by atoms with Gasteiger partial charge in [0.2, 0.25) is 10.0 Å². The van der Waals surface area contributed by atoms with Crippen LogP contribution >= 0.6 is 0 Å². The zero-order valence-corrected chi connectivity index (χ0v) is 12.7. The summed E-state index contributed by atoms with van der Waals surface area (Å²) in [6.07, 6.45) is 0.250. The van der Waals surface area contributed by atoms with Gasteiger partial charge in [0.15, 0.2) is 4.90 Å². The Bertz CT molecular complexity index is 615. The molecule has 0 heterocycles. The summed E-state index contributed by atoms with van der Waals surface area (Å²) in [5.74, 6) is 0. The summed E-state index contributed by atoms with van der Waals surface area (Å²) in [4.78, 5) is 9.89.